The molecule has 0 saturated carbocycles. The molecule has 2 bridgehead atoms. The summed E-state index contributed by atoms with van der Waals surface area (Å²) in [7, 11) is 0. The zero-order valence-electron chi connectivity index (χ0n) is 18.7. The zero-order chi connectivity index (χ0) is 23.5. The van der Waals surface area contributed by atoms with Crippen LogP contribution >= 0.6 is 34.9 Å². The number of carbonyl (C=O) groups excluding carboxylic acids is 1. The van der Waals surface area contributed by atoms with Crippen molar-refractivity contribution in [1.29, 1.82) is 5.26 Å². The molecule has 0 aliphatic carbocycles. The monoisotopic (exact) mass is 508 g/mol. The second-order valence-electron chi connectivity index (χ2n) is 8.47. The maximum absolute atomic E-state index is 13.4. The van der Waals surface area contributed by atoms with Crippen LogP contribution in [0, 0.1) is 11.3 Å². The molecule has 6 nitrogen and oxygen atoms in total. The summed E-state index contributed by atoms with van der Waals surface area (Å²) in [6, 6.07) is 17.8. The molecule has 3 aromatic rings. The number of rotatable bonds is 7. The van der Waals surface area contributed by atoms with Gasteiger partial charge in [0.2, 0.25) is 0 Å². The van der Waals surface area contributed by atoms with Gasteiger partial charge in [0.1, 0.15) is 11.9 Å². The number of hydrogen-bond donors (Lipinski definition) is 0. The average Bonchev–Trinajstić information content (AvgIpc) is 3.44. The van der Waals surface area contributed by atoms with Crippen LogP contribution in [-0.2, 0) is 5.75 Å². The van der Waals surface area contributed by atoms with Gasteiger partial charge in [-0.25, -0.2) is 0 Å². The minimum Gasteiger partial charge on any atom is -0.490 e. The van der Waals surface area contributed by atoms with Crippen LogP contribution in [0.5, 0.6) is 5.75 Å². The number of carbonyl (C=O) groups is 1. The first kappa shape index (κ1) is 23.2. The van der Waals surface area contributed by atoms with Crippen molar-refractivity contribution in [1.82, 2.24) is 15.1 Å². The van der Waals surface area contributed by atoms with E-state index < -0.39 is 0 Å². The third-order valence-electron chi connectivity index (χ3n) is 6.32. The van der Waals surface area contributed by atoms with Crippen LogP contribution in [0.15, 0.2) is 57.2 Å². The van der Waals surface area contributed by atoms with Crippen molar-refractivity contribution in [2.75, 3.05) is 6.26 Å². The molecule has 2 atom stereocenters. The normalized spacial score (nSPS) is 21.3. The number of ether oxygens (including phenoxy) is 1. The Kier molecular flexibility index (Phi) is 7.09. The van der Waals surface area contributed by atoms with E-state index >= 15 is 0 Å². The predicted octanol–water partition coefficient (Wildman–Crippen LogP) is 5.64. The second-order valence-corrected chi connectivity index (χ2v) is 11.7. The molecule has 2 saturated heterocycles. The lowest BCUT2D eigenvalue weighted by atomic mass is 9.98. The predicted molar refractivity (Wildman–Crippen MR) is 135 cm³/mol. The van der Waals surface area contributed by atoms with E-state index in [-0.39, 0.29) is 24.1 Å². The fourth-order valence-electron chi connectivity index (χ4n) is 4.76. The second kappa shape index (κ2) is 10.4. The maximum atomic E-state index is 13.4. The summed E-state index contributed by atoms with van der Waals surface area (Å²) in [5.41, 5.74) is 2.51. The Hall–Kier alpha value is -2.54. The molecule has 0 N–H and O–H groups in total. The minimum absolute atomic E-state index is 0.0712. The highest BCUT2D eigenvalue weighted by atomic mass is 32.2. The first-order valence-corrected chi connectivity index (χ1v) is 14.2. The highest BCUT2D eigenvalue weighted by Gasteiger charge is 2.44. The maximum Gasteiger partial charge on any atom is 0.254 e. The van der Waals surface area contributed by atoms with Crippen LogP contribution in [0.3, 0.4) is 0 Å². The summed E-state index contributed by atoms with van der Waals surface area (Å²) >= 11 is 4.88. The van der Waals surface area contributed by atoms with E-state index in [1.54, 1.807) is 47.0 Å². The molecule has 174 valence electrons. The Morgan fingerprint density at radius 2 is 1.88 bits per heavy atom. The summed E-state index contributed by atoms with van der Waals surface area (Å²) in [5.74, 6) is 1.65. The molecular weight excluding hydrogens is 485 g/mol. The van der Waals surface area contributed by atoms with Gasteiger partial charge in [0.25, 0.3) is 5.91 Å². The highest BCUT2D eigenvalue weighted by Crippen LogP contribution is 2.38. The number of fused-ring (bicyclic) bond motifs is 2. The standard InChI is InChI=1S/C25H24N4O2S3/c1-32-24-27-28-25(34-24)33-15-16-5-7-18(8-6-16)23(30)29-19-9-10-20(29)13-22(12-19)31-21-4-2-3-17(11-21)14-26/h2-8,11,19-20,22H,9-10,12-13,15H2,1H3/t19-,20-/m0/s1. The van der Waals surface area contributed by atoms with Gasteiger partial charge in [-0.15, -0.1) is 10.2 Å². The molecule has 2 aromatic carbocycles. The van der Waals surface area contributed by atoms with Crippen molar-refractivity contribution < 1.29 is 9.53 Å². The topological polar surface area (TPSA) is 79.1 Å². The third-order valence-corrected chi connectivity index (χ3v) is 9.42. The summed E-state index contributed by atoms with van der Waals surface area (Å²) < 4.78 is 8.14. The molecule has 2 aliphatic heterocycles. The molecule has 0 unspecified atom stereocenters. The van der Waals surface area contributed by atoms with Crippen molar-refractivity contribution >= 4 is 40.8 Å². The van der Waals surface area contributed by atoms with Gasteiger partial charge in [-0.2, -0.15) is 5.26 Å². The number of benzene rings is 2. The van der Waals surface area contributed by atoms with Gasteiger partial charge >= 0.3 is 0 Å². The molecule has 3 heterocycles. The van der Waals surface area contributed by atoms with Gasteiger partial charge in [-0.05, 0) is 55.0 Å². The number of piperidine rings is 1. The van der Waals surface area contributed by atoms with Crippen LogP contribution < -0.4 is 4.74 Å². The molecular formula is C25H24N4O2S3. The average molecular weight is 509 g/mol. The smallest absolute Gasteiger partial charge is 0.254 e. The lowest BCUT2D eigenvalue weighted by Gasteiger charge is -2.39. The SMILES string of the molecule is CSc1nnc(SCc2ccc(C(=O)N3[C@H]4CC[C@H]3CC(Oc3cccc(C#N)c3)C4)cc2)s1. The summed E-state index contributed by atoms with van der Waals surface area (Å²) in [6.07, 6.45) is 5.76. The molecule has 2 fully saturated rings. The molecule has 34 heavy (non-hydrogen) atoms. The Balaban J connectivity index is 1.19. The molecule has 0 radical (unpaired) electrons. The van der Waals surface area contributed by atoms with E-state index in [0.29, 0.717) is 5.56 Å². The number of amides is 1. The summed E-state index contributed by atoms with van der Waals surface area (Å²) in [6.45, 7) is 0. The minimum atomic E-state index is 0.0712. The Morgan fingerprint density at radius 3 is 2.56 bits per heavy atom. The fraction of sp³-hybridized carbons (Fsp3) is 0.360. The van der Waals surface area contributed by atoms with Crippen LogP contribution in [0.4, 0.5) is 0 Å². The van der Waals surface area contributed by atoms with Crippen LogP contribution in [0.25, 0.3) is 0 Å². The quantitative estimate of drug-likeness (QED) is 0.382. The van der Waals surface area contributed by atoms with E-state index in [2.05, 4.69) is 21.2 Å². The largest absolute Gasteiger partial charge is 0.490 e. The Bertz CT molecular complexity index is 1190. The summed E-state index contributed by atoms with van der Waals surface area (Å²) in [5, 5.41) is 17.4. The zero-order valence-corrected chi connectivity index (χ0v) is 21.2. The van der Waals surface area contributed by atoms with E-state index in [0.717, 1.165) is 57.0 Å². The van der Waals surface area contributed by atoms with E-state index in [4.69, 9.17) is 10.00 Å². The van der Waals surface area contributed by atoms with Crippen molar-refractivity contribution in [3.8, 4) is 11.8 Å². The van der Waals surface area contributed by atoms with Crippen molar-refractivity contribution in [3.05, 3.63) is 65.2 Å². The van der Waals surface area contributed by atoms with Gasteiger partial charge in [-0.1, -0.05) is 53.1 Å². The highest BCUT2D eigenvalue weighted by molar-refractivity contribution is 8.02. The van der Waals surface area contributed by atoms with Crippen LogP contribution in [0.2, 0.25) is 0 Å². The molecule has 9 heteroatoms. The van der Waals surface area contributed by atoms with Crippen LogP contribution in [0.1, 0.15) is 47.2 Å². The van der Waals surface area contributed by atoms with Crippen molar-refractivity contribution in [3.63, 3.8) is 0 Å². The first-order chi connectivity index (χ1) is 16.6. The summed E-state index contributed by atoms with van der Waals surface area (Å²) in [4.78, 5) is 15.4. The van der Waals surface area contributed by atoms with E-state index in [9.17, 15) is 4.79 Å². The van der Waals surface area contributed by atoms with Gasteiger partial charge < -0.3 is 9.64 Å². The third kappa shape index (κ3) is 5.09. The lowest BCUT2D eigenvalue weighted by Crippen LogP contribution is -2.49. The molecule has 5 rings (SSSR count). The molecule has 1 aromatic heterocycles. The van der Waals surface area contributed by atoms with Crippen LogP contribution in [-0.4, -0.2) is 45.4 Å². The fourth-order valence-corrected chi connectivity index (χ4v) is 7.16. The van der Waals surface area contributed by atoms with Crippen molar-refractivity contribution in [2.24, 2.45) is 0 Å². The lowest BCUT2D eigenvalue weighted by molar-refractivity contribution is 0.0359. The molecule has 0 spiro atoms. The van der Waals surface area contributed by atoms with Gasteiger partial charge in [0.15, 0.2) is 8.68 Å². The van der Waals surface area contributed by atoms with Gasteiger partial charge in [-0.3, -0.25) is 4.79 Å². The first-order valence-electron chi connectivity index (χ1n) is 11.2. The molecule has 1 amide bonds. The Labute approximate surface area is 211 Å². The van der Waals surface area contributed by atoms with Crippen molar-refractivity contribution in [2.45, 2.75) is 58.3 Å². The number of nitriles is 1. The molecule has 2 aliphatic rings. The van der Waals surface area contributed by atoms with E-state index in [1.807, 2.05) is 42.7 Å². The number of nitrogens with zero attached hydrogens (tertiary/aromatic N) is 4. The van der Waals surface area contributed by atoms with Gasteiger partial charge in [0.05, 0.1) is 11.6 Å². The number of hydrogen-bond acceptors (Lipinski definition) is 8. The van der Waals surface area contributed by atoms with Gasteiger partial charge in [0, 0.05) is 36.2 Å². The Morgan fingerprint density at radius 1 is 1.15 bits per heavy atom. The van der Waals surface area contributed by atoms with E-state index in [1.165, 1.54) is 0 Å². The number of aromatic nitrogens is 2. The number of thioether (sulfide) groups is 2.